The fraction of sp³-hybridized carbons (Fsp3) is 0.467. The van der Waals surface area contributed by atoms with Crippen molar-refractivity contribution >= 4 is 37.4 Å². The van der Waals surface area contributed by atoms with Crippen LogP contribution in [0, 0.1) is 5.41 Å². The number of halogens is 1. The van der Waals surface area contributed by atoms with E-state index < -0.39 is 0 Å². The molecule has 0 fully saturated rings. The monoisotopic (exact) mass is 310 g/mol. The highest BCUT2D eigenvalue weighted by atomic mass is 79.9. The summed E-state index contributed by atoms with van der Waals surface area (Å²) in [6.45, 7) is 4.66. The number of hydrogen-bond acceptors (Lipinski definition) is 1. The van der Waals surface area contributed by atoms with Gasteiger partial charge in [-0.1, -0.05) is 54.4 Å². The quantitative estimate of drug-likeness (QED) is 0.626. The summed E-state index contributed by atoms with van der Waals surface area (Å²) < 4.78 is 1.41. The van der Waals surface area contributed by atoms with E-state index in [2.05, 4.69) is 59.4 Å². The SMILES string of the molecule is CCCC(C)(CBr)Cc1csc2ccccc12. The van der Waals surface area contributed by atoms with Gasteiger partial charge in [0.2, 0.25) is 0 Å². The normalized spacial score (nSPS) is 15.0. The molecule has 0 saturated heterocycles. The maximum Gasteiger partial charge on any atom is 0.0345 e. The molecule has 17 heavy (non-hydrogen) atoms. The van der Waals surface area contributed by atoms with Crippen molar-refractivity contribution in [1.29, 1.82) is 0 Å². The van der Waals surface area contributed by atoms with Gasteiger partial charge in [0.1, 0.15) is 0 Å². The van der Waals surface area contributed by atoms with Gasteiger partial charge in [0.05, 0.1) is 0 Å². The second kappa shape index (κ2) is 5.53. The number of rotatable bonds is 5. The van der Waals surface area contributed by atoms with E-state index in [9.17, 15) is 0 Å². The molecule has 92 valence electrons. The lowest BCUT2D eigenvalue weighted by molar-refractivity contribution is 0.341. The average molecular weight is 311 g/mol. The lowest BCUT2D eigenvalue weighted by Gasteiger charge is -2.26. The largest absolute Gasteiger partial charge is 0.144 e. The van der Waals surface area contributed by atoms with Gasteiger partial charge in [-0.15, -0.1) is 11.3 Å². The molecule has 0 amide bonds. The number of alkyl halides is 1. The molecule has 0 aliphatic rings. The Labute approximate surface area is 116 Å². The van der Waals surface area contributed by atoms with Crippen LogP contribution in [-0.4, -0.2) is 5.33 Å². The molecule has 1 atom stereocenters. The Hall–Kier alpha value is -0.340. The first-order chi connectivity index (χ1) is 8.18. The van der Waals surface area contributed by atoms with Crippen LogP contribution in [0.2, 0.25) is 0 Å². The maximum absolute atomic E-state index is 3.69. The fourth-order valence-electron chi connectivity index (χ4n) is 2.44. The van der Waals surface area contributed by atoms with Gasteiger partial charge in [-0.05, 0) is 40.7 Å². The van der Waals surface area contributed by atoms with Gasteiger partial charge in [0.15, 0.2) is 0 Å². The maximum atomic E-state index is 3.69. The summed E-state index contributed by atoms with van der Waals surface area (Å²) >= 11 is 5.55. The highest BCUT2D eigenvalue weighted by molar-refractivity contribution is 9.09. The van der Waals surface area contributed by atoms with Gasteiger partial charge >= 0.3 is 0 Å². The number of benzene rings is 1. The molecule has 2 heteroatoms. The summed E-state index contributed by atoms with van der Waals surface area (Å²) in [5.74, 6) is 0. The average Bonchev–Trinajstić information content (AvgIpc) is 2.73. The summed E-state index contributed by atoms with van der Waals surface area (Å²) in [6, 6.07) is 8.73. The van der Waals surface area contributed by atoms with Gasteiger partial charge in [-0.2, -0.15) is 0 Å². The lowest BCUT2D eigenvalue weighted by atomic mass is 9.82. The Morgan fingerprint density at radius 1 is 1.29 bits per heavy atom. The zero-order chi connectivity index (χ0) is 12.3. The van der Waals surface area contributed by atoms with Gasteiger partial charge in [-0.25, -0.2) is 0 Å². The van der Waals surface area contributed by atoms with Crippen LogP contribution in [0.5, 0.6) is 0 Å². The Balaban J connectivity index is 2.28. The molecule has 1 aromatic carbocycles. The zero-order valence-corrected chi connectivity index (χ0v) is 12.9. The minimum absolute atomic E-state index is 0.387. The summed E-state index contributed by atoms with van der Waals surface area (Å²) in [6.07, 6.45) is 3.71. The van der Waals surface area contributed by atoms with Crippen molar-refractivity contribution in [1.82, 2.24) is 0 Å². The van der Waals surface area contributed by atoms with Gasteiger partial charge < -0.3 is 0 Å². The van der Waals surface area contributed by atoms with Crippen LogP contribution in [-0.2, 0) is 6.42 Å². The molecular weight excluding hydrogens is 292 g/mol. The summed E-state index contributed by atoms with van der Waals surface area (Å²) in [4.78, 5) is 0. The van der Waals surface area contributed by atoms with E-state index in [1.54, 1.807) is 0 Å². The van der Waals surface area contributed by atoms with Crippen LogP contribution in [0.15, 0.2) is 29.6 Å². The molecule has 0 nitrogen and oxygen atoms in total. The highest BCUT2D eigenvalue weighted by Crippen LogP contribution is 2.35. The Kier molecular flexibility index (Phi) is 4.26. The van der Waals surface area contributed by atoms with E-state index in [1.807, 2.05) is 11.3 Å². The molecule has 0 aliphatic carbocycles. The molecule has 1 aromatic heterocycles. The molecule has 2 aromatic rings. The molecule has 0 aliphatic heterocycles. The van der Waals surface area contributed by atoms with Gasteiger partial charge in [0, 0.05) is 10.0 Å². The van der Waals surface area contributed by atoms with Crippen LogP contribution in [0.25, 0.3) is 10.1 Å². The molecule has 0 radical (unpaired) electrons. The van der Waals surface area contributed by atoms with Crippen LogP contribution in [0.4, 0.5) is 0 Å². The van der Waals surface area contributed by atoms with Crippen molar-refractivity contribution in [2.75, 3.05) is 5.33 Å². The van der Waals surface area contributed by atoms with E-state index in [4.69, 9.17) is 0 Å². The molecule has 1 heterocycles. The van der Waals surface area contributed by atoms with E-state index in [1.165, 1.54) is 34.9 Å². The number of thiophene rings is 1. The molecule has 0 bridgehead atoms. The van der Waals surface area contributed by atoms with Crippen LogP contribution < -0.4 is 0 Å². The van der Waals surface area contributed by atoms with Crippen LogP contribution in [0.1, 0.15) is 32.3 Å². The summed E-state index contributed by atoms with van der Waals surface area (Å²) in [5, 5.41) is 4.86. The number of fused-ring (bicyclic) bond motifs is 1. The summed E-state index contributed by atoms with van der Waals surface area (Å²) in [5.41, 5.74) is 1.90. The van der Waals surface area contributed by atoms with E-state index in [0.29, 0.717) is 5.41 Å². The smallest absolute Gasteiger partial charge is 0.0345 e. The van der Waals surface area contributed by atoms with Gasteiger partial charge in [0.25, 0.3) is 0 Å². The first-order valence-corrected chi connectivity index (χ1v) is 8.20. The molecule has 1 unspecified atom stereocenters. The van der Waals surface area contributed by atoms with Crippen LogP contribution >= 0.6 is 27.3 Å². The van der Waals surface area contributed by atoms with Gasteiger partial charge in [-0.3, -0.25) is 0 Å². The second-order valence-corrected chi connectivity index (χ2v) is 6.60. The van der Waals surface area contributed by atoms with Crippen molar-refractivity contribution in [3.63, 3.8) is 0 Å². The van der Waals surface area contributed by atoms with Crippen molar-refractivity contribution in [2.45, 2.75) is 33.1 Å². The van der Waals surface area contributed by atoms with E-state index in [0.717, 1.165) is 5.33 Å². The van der Waals surface area contributed by atoms with Crippen LogP contribution in [0.3, 0.4) is 0 Å². The third-order valence-electron chi connectivity index (χ3n) is 3.35. The molecule has 0 spiro atoms. The topological polar surface area (TPSA) is 0 Å². The highest BCUT2D eigenvalue weighted by Gasteiger charge is 2.23. The minimum Gasteiger partial charge on any atom is -0.144 e. The zero-order valence-electron chi connectivity index (χ0n) is 10.5. The Morgan fingerprint density at radius 2 is 2.06 bits per heavy atom. The Bertz CT molecular complexity index is 488. The third kappa shape index (κ3) is 2.92. The predicted molar refractivity (Wildman–Crippen MR) is 82.3 cm³/mol. The number of hydrogen-bond donors (Lipinski definition) is 0. The lowest BCUT2D eigenvalue weighted by Crippen LogP contribution is -2.21. The molecule has 0 N–H and O–H groups in total. The van der Waals surface area contributed by atoms with Crippen molar-refractivity contribution in [3.05, 3.63) is 35.2 Å². The molecule has 0 saturated carbocycles. The fourth-order valence-corrected chi connectivity index (χ4v) is 3.88. The van der Waals surface area contributed by atoms with Crippen molar-refractivity contribution < 1.29 is 0 Å². The third-order valence-corrected chi connectivity index (χ3v) is 5.72. The first-order valence-electron chi connectivity index (χ1n) is 6.19. The first kappa shape index (κ1) is 13.1. The second-order valence-electron chi connectivity index (χ2n) is 5.13. The minimum atomic E-state index is 0.387. The van der Waals surface area contributed by atoms with E-state index >= 15 is 0 Å². The predicted octanol–water partition coefficient (Wildman–Crippen LogP) is 5.65. The Morgan fingerprint density at radius 3 is 2.76 bits per heavy atom. The van der Waals surface area contributed by atoms with Crippen molar-refractivity contribution in [3.8, 4) is 0 Å². The molecular formula is C15H19BrS. The molecule has 2 rings (SSSR count). The van der Waals surface area contributed by atoms with Crippen molar-refractivity contribution in [2.24, 2.45) is 5.41 Å². The summed E-state index contributed by atoms with van der Waals surface area (Å²) in [7, 11) is 0. The standard InChI is InChI=1S/C15H19BrS/c1-3-8-15(2,11-16)9-12-10-17-14-7-5-4-6-13(12)14/h4-7,10H,3,8-9,11H2,1-2H3. The van der Waals surface area contributed by atoms with E-state index in [-0.39, 0.29) is 0 Å².